The number of fused-ring (bicyclic) bond motifs is 1. The first-order valence-corrected chi connectivity index (χ1v) is 11.7. The third-order valence-corrected chi connectivity index (χ3v) is 5.90. The molecule has 0 fully saturated rings. The number of ether oxygens (including phenoxy) is 3. The van der Waals surface area contributed by atoms with Crippen molar-refractivity contribution < 1.29 is 32.2 Å². The molecule has 11 heteroatoms. The van der Waals surface area contributed by atoms with Crippen molar-refractivity contribution in [3.05, 3.63) is 84.2 Å². The van der Waals surface area contributed by atoms with Crippen LogP contribution in [0, 0.1) is 12.8 Å². The molecule has 1 aromatic heterocycles. The monoisotopic (exact) mass is 524 g/mol. The molecule has 2 atom stereocenters. The summed E-state index contributed by atoms with van der Waals surface area (Å²) in [6.45, 7) is 3.99. The van der Waals surface area contributed by atoms with Crippen LogP contribution < -0.4 is 14.8 Å². The lowest BCUT2D eigenvalue weighted by Gasteiger charge is -2.31. The Kier molecular flexibility index (Phi) is 6.66. The summed E-state index contributed by atoms with van der Waals surface area (Å²) >= 11 is 0. The van der Waals surface area contributed by atoms with Crippen LogP contribution in [-0.4, -0.2) is 33.5 Å². The van der Waals surface area contributed by atoms with Gasteiger partial charge >= 0.3 is 12.5 Å². The number of nitrogens with zero attached hydrogens (tertiary/aromatic N) is 3. The lowest BCUT2D eigenvalue weighted by atomic mass is 9.96. The van der Waals surface area contributed by atoms with E-state index in [2.05, 4.69) is 26.2 Å². The van der Waals surface area contributed by atoms with Gasteiger partial charge in [-0.1, -0.05) is 24.6 Å². The second kappa shape index (κ2) is 10.1. The molecule has 0 spiro atoms. The summed E-state index contributed by atoms with van der Waals surface area (Å²) in [4.78, 5) is 16.8. The Bertz CT molecular complexity index is 1440. The maximum Gasteiger partial charge on any atom is 0.573 e. The Labute approximate surface area is 216 Å². The first kappa shape index (κ1) is 25.1. The number of hydrogen-bond donors (Lipinski definition) is 1. The SMILES string of the molecule is Cc1ccc2c(c1)CC(C)C(OC(=O)Nc1ccc(-c3ncn(-c4ccc(OC(F)(F)F)cc4)n3)cc1)O2. The third kappa shape index (κ3) is 5.88. The molecule has 0 bridgehead atoms. The van der Waals surface area contributed by atoms with Gasteiger partial charge in [-0.05, 0) is 73.5 Å². The van der Waals surface area contributed by atoms with Gasteiger partial charge in [0.25, 0.3) is 0 Å². The first-order chi connectivity index (χ1) is 18.1. The smallest absolute Gasteiger partial charge is 0.454 e. The normalized spacial score (nSPS) is 16.8. The fraction of sp³-hybridized carbons (Fsp3) is 0.222. The summed E-state index contributed by atoms with van der Waals surface area (Å²) in [5, 5.41) is 7.06. The quantitative estimate of drug-likeness (QED) is 0.330. The van der Waals surface area contributed by atoms with E-state index in [-0.39, 0.29) is 11.7 Å². The number of anilines is 1. The van der Waals surface area contributed by atoms with Crippen LogP contribution in [0.2, 0.25) is 0 Å². The van der Waals surface area contributed by atoms with Crippen molar-refractivity contribution in [1.82, 2.24) is 14.8 Å². The van der Waals surface area contributed by atoms with Crippen LogP contribution in [-0.2, 0) is 11.2 Å². The highest BCUT2D eigenvalue weighted by Crippen LogP contribution is 2.32. The topological polar surface area (TPSA) is 87.5 Å². The highest BCUT2D eigenvalue weighted by Gasteiger charge is 2.31. The molecule has 38 heavy (non-hydrogen) atoms. The molecule has 1 amide bonds. The van der Waals surface area contributed by atoms with Gasteiger partial charge < -0.3 is 14.2 Å². The minimum absolute atomic E-state index is 0.00743. The van der Waals surface area contributed by atoms with E-state index in [0.29, 0.717) is 28.5 Å². The number of hydrogen-bond acceptors (Lipinski definition) is 6. The Morgan fingerprint density at radius 1 is 1.08 bits per heavy atom. The van der Waals surface area contributed by atoms with Crippen LogP contribution in [0.4, 0.5) is 23.7 Å². The number of rotatable bonds is 5. The van der Waals surface area contributed by atoms with Crippen molar-refractivity contribution in [3.8, 4) is 28.6 Å². The molecule has 4 aromatic rings. The Hall–Kier alpha value is -4.54. The molecule has 0 aliphatic carbocycles. The predicted molar refractivity (Wildman–Crippen MR) is 132 cm³/mol. The number of carbonyl (C=O) groups is 1. The number of carbonyl (C=O) groups excluding carboxylic acids is 1. The third-order valence-electron chi connectivity index (χ3n) is 5.90. The molecule has 0 radical (unpaired) electrons. The highest BCUT2D eigenvalue weighted by molar-refractivity contribution is 5.85. The molecule has 2 heterocycles. The van der Waals surface area contributed by atoms with Gasteiger partial charge in [0.15, 0.2) is 5.82 Å². The number of halogens is 3. The summed E-state index contributed by atoms with van der Waals surface area (Å²) in [6.07, 6.45) is -3.90. The molecule has 0 saturated heterocycles. The fourth-order valence-corrected chi connectivity index (χ4v) is 4.08. The Morgan fingerprint density at radius 2 is 1.82 bits per heavy atom. The van der Waals surface area contributed by atoms with Crippen molar-refractivity contribution in [1.29, 1.82) is 0 Å². The average molecular weight is 524 g/mol. The number of amides is 1. The molecule has 2 unspecified atom stereocenters. The van der Waals surface area contributed by atoms with E-state index in [9.17, 15) is 18.0 Å². The van der Waals surface area contributed by atoms with Crippen LogP contribution in [0.25, 0.3) is 17.1 Å². The van der Waals surface area contributed by atoms with E-state index >= 15 is 0 Å². The van der Waals surface area contributed by atoms with Gasteiger partial charge in [0.1, 0.15) is 17.8 Å². The minimum atomic E-state index is -4.76. The second-order valence-corrected chi connectivity index (χ2v) is 8.94. The van der Waals surface area contributed by atoms with Gasteiger partial charge in [-0.2, -0.15) is 0 Å². The summed E-state index contributed by atoms with van der Waals surface area (Å²) < 4.78 is 53.8. The van der Waals surface area contributed by atoms with Crippen LogP contribution in [0.1, 0.15) is 18.1 Å². The fourth-order valence-electron chi connectivity index (χ4n) is 4.08. The van der Waals surface area contributed by atoms with Crippen LogP contribution in [0.15, 0.2) is 73.1 Å². The lowest BCUT2D eigenvalue weighted by molar-refractivity contribution is -0.274. The molecule has 196 valence electrons. The zero-order valence-corrected chi connectivity index (χ0v) is 20.4. The average Bonchev–Trinajstić information content (AvgIpc) is 3.35. The molecule has 1 aliphatic heterocycles. The number of aromatic nitrogens is 3. The first-order valence-electron chi connectivity index (χ1n) is 11.7. The standard InChI is InChI=1S/C27H23F3N4O4/c1-16-3-12-23-19(13-16)14-17(2)25(36-23)37-26(35)32-20-6-4-18(5-7-20)24-31-15-34(33-24)21-8-10-22(11-9-21)38-27(28,29)30/h3-13,15,17,25H,14H2,1-2H3,(H,32,35). The van der Waals surface area contributed by atoms with Crippen molar-refractivity contribution in [2.24, 2.45) is 5.92 Å². The van der Waals surface area contributed by atoms with E-state index in [1.165, 1.54) is 35.3 Å². The van der Waals surface area contributed by atoms with Gasteiger partial charge in [-0.15, -0.1) is 18.3 Å². The van der Waals surface area contributed by atoms with Gasteiger partial charge in [0, 0.05) is 17.2 Å². The Balaban J connectivity index is 1.19. The molecule has 3 aromatic carbocycles. The van der Waals surface area contributed by atoms with Gasteiger partial charge in [0.2, 0.25) is 6.29 Å². The maximum absolute atomic E-state index is 12.5. The van der Waals surface area contributed by atoms with Gasteiger partial charge in [0.05, 0.1) is 5.69 Å². The van der Waals surface area contributed by atoms with Crippen molar-refractivity contribution >= 4 is 11.8 Å². The molecule has 0 saturated carbocycles. The summed E-state index contributed by atoms with van der Waals surface area (Å²) in [5.41, 5.74) is 3.94. The molecule has 8 nitrogen and oxygen atoms in total. The van der Waals surface area contributed by atoms with Gasteiger partial charge in [-0.25, -0.2) is 14.5 Å². The minimum Gasteiger partial charge on any atom is -0.454 e. The molecule has 5 rings (SSSR count). The van der Waals surface area contributed by atoms with E-state index < -0.39 is 18.7 Å². The van der Waals surface area contributed by atoms with E-state index in [4.69, 9.17) is 9.47 Å². The molecule has 1 N–H and O–H groups in total. The number of aryl methyl sites for hydroxylation is 1. The number of benzene rings is 3. The number of nitrogens with one attached hydrogen (secondary N) is 1. The summed E-state index contributed by atoms with van der Waals surface area (Å²) in [7, 11) is 0. The lowest BCUT2D eigenvalue weighted by Crippen LogP contribution is -2.36. The summed E-state index contributed by atoms with van der Waals surface area (Å²) in [5.74, 6) is 0.779. The van der Waals surface area contributed by atoms with Gasteiger partial charge in [-0.3, -0.25) is 5.32 Å². The number of alkyl halides is 3. The molecular weight excluding hydrogens is 501 g/mol. The van der Waals surface area contributed by atoms with E-state index in [1.807, 2.05) is 26.0 Å². The largest absolute Gasteiger partial charge is 0.573 e. The van der Waals surface area contributed by atoms with Crippen molar-refractivity contribution in [3.63, 3.8) is 0 Å². The van der Waals surface area contributed by atoms with Crippen LogP contribution >= 0.6 is 0 Å². The Morgan fingerprint density at radius 3 is 2.53 bits per heavy atom. The molecular formula is C27H23F3N4O4. The van der Waals surface area contributed by atoms with E-state index in [0.717, 1.165) is 17.5 Å². The second-order valence-electron chi connectivity index (χ2n) is 8.94. The van der Waals surface area contributed by atoms with Crippen molar-refractivity contribution in [2.45, 2.75) is 32.9 Å². The van der Waals surface area contributed by atoms with E-state index in [1.54, 1.807) is 24.3 Å². The zero-order chi connectivity index (χ0) is 26.9. The van der Waals surface area contributed by atoms with Crippen LogP contribution in [0.5, 0.6) is 11.5 Å². The van der Waals surface area contributed by atoms with Crippen molar-refractivity contribution in [2.75, 3.05) is 5.32 Å². The zero-order valence-electron chi connectivity index (χ0n) is 20.4. The van der Waals surface area contributed by atoms with Crippen LogP contribution in [0.3, 0.4) is 0 Å². The molecule has 1 aliphatic rings. The predicted octanol–water partition coefficient (Wildman–Crippen LogP) is 6.29. The summed E-state index contributed by atoms with van der Waals surface area (Å²) in [6, 6.07) is 18.0. The highest BCUT2D eigenvalue weighted by atomic mass is 19.4. The maximum atomic E-state index is 12.5.